The maximum atomic E-state index is 13.5. The van der Waals surface area contributed by atoms with Crippen LogP contribution in [0.1, 0.15) is 32.0 Å². The van der Waals surface area contributed by atoms with Gasteiger partial charge in [-0.15, -0.1) is 0 Å². The first-order chi connectivity index (χ1) is 14.9. The highest BCUT2D eigenvalue weighted by molar-refractivity contribution is 6.08. The summed E-state index contributed by atoms with van der Waals surface area (Å²) in [7, 11) is 0. The lowest BCUT2D eigenvalue weighted by Crippen LogP contribution is -2.21. The fraction of sp³-hybridized carbons (Fsp3) is 0.0455. The van der Waals surface area contributed by atoms with Crippen molar-refractivity contribution in [3.05, 3.63) is 83.1 Å². The number of nitrogens with zero attached hydrogens (tertiary/aromatic N) is 4. The minimum Gasteiger partial charge on any atom is -0.366 e. The van der Waals surface area contributed by atoms with Crippen LogP contribution >= 0.6 is 0 Å². The summed E-state index contributed by atoms with van der Waals surface area (Å²) in [6, 6.07) is 12.5. The Morgan fingerprint density at radius 3 is 2.65 bits per heavy atom. The van der Waals surface area contributed by atoms with Crippen LogP contribution in [0.25, 0.3) is 22.3 Å². The van der Waals surface area contributed by atoms with E-state index in [9.17, 15) is 19.2 Å². The normalized spacial score (nSPS) is 10.6. The van der Waals surface area contributed by atoms with Crippen molar-refractivity contribution >= 4 is 22.8 Å². The summed E-state index contributed by atoms with van der Waals surface area (Å²) in [6.07, 6.45) is 2.54. The van der Waals surface area contributed by atoms with Gasteiger partial charge in [0.25, 0.3) is 5.91 Å². The largest absolute Gasteiger partial charge is 0.366 e. The summed E-state index contributed by atoms with van der Waals surface area (Å²) in [6.45, 7) is 1.59. The molecule has 4 aromatic rings. The highest BCUT2D eigenvalue weighted by Gasteiger charge is 2.21. The highest BCUT2D eigenvalue weighted by atomic mass is 19.1. The number of amides is 1. The van der Waals surface area contributed by atoms with Crippen LogP contribution in [0, 0.1) is 24.1 Å². The molecule has 2 aromatic heterocycles. The number of hydrogen-bond acceptors (Lipinski definition) is 6. The Morgan fingerprint density at radius 1 is 1.19 bits per heavy atom. The first-order valence-corrected chi connectivity index (χ1v) is 9.05. The maximum absolute atomic E-state index is 13.5. The molecule has 2 N–H and O–H groups in total. The van der Waals surface area contributed by atoms with E-state index < -0.39 is 17.7 Å². The quantitative estimate of drug-likeness (QED) is 0.547. The van der Waals surface area contributed by atoms with Gasteiger partial charge < -0.3 is 10.6 Å². The van der Waals surface area contributed by atoms with E-state index in [0.29, 0.717) is 22.2 Å². The van der Waals surface area contributed by atoms with Crippen molar-refractivity contribution in [1.29, 1.82) is 5.26 Å². The molecule has 31 heavy (non-hydrogen) atoms. The number of fused-ring (bicyclic) bond motifs is 1. The number of halogens is 1. The molecule has 8 nitrogen and oxygen atoms in total. The number of hydrogen-bond donors (Lipinski definition) is 1. The average molecular weight is 415 g/mol. The molecule has 0 radical (unpaired) electrons. The van der Waals surface area contributed by atoms with Gasteiger partial charge in [0.05, 0.1) is 34.6 Å². The van der Waals surface area contributed by atoms with Crippen LogP contribution in [-0.4, -0.2) is 26.6 Å². The van der Waals surface area contributed by atoms with Crippen LogP contribution in [0.5, 0.6) is 0 Å². The molecule has 0 saturated carbocycles. The van der Waals surface area contributed by atoms with Gasteiger partial charge in [0.2, 0.25) is 0 Å². The summed E-state index contributed by atoms with van der Waals surface area (Å²) in [4.78, 5) is 38.4. The molecule has 0 unspecified atom stereocenters. The third-order valence-electron chi connectivity index (χ3n) is 4.64. The summed E-state index contributed by atoms with van der Waals surface area (Å²) >= 11 is 0. The Kier molecular flexibility index (Phi) is 4.89. The number of aryl methyl sites for hydroxylation is 1. The second-order valence-electron chi connectivity index (χ2n) is 6.63. The summed E-state index contributed by atoms with van der Waals surface area (Å²) < 4.78 is 14.5. The van der Waals surface area contributed by atoms with Crippen molar-refractivity contribution in [2.45, 2.75) is 6.92 Å². The number of carbonyl (C=O) groups excluding carboxylic acids is 2. The van der Waals surface area contributed by atoms with Crippen LogP contribution < -0.4 is 10.6 Å². The number of rotatable bonds is 4. The Bertz CT molecular complexity index is 1400. The molecular formula is C22H14FN5O3. The summed E-state index contributed by atoms with van der Waals surface area (Å²) in [5, 5.41) is 9.62. The fourth-order valence-electron chi connectivity index (χ4n) is 3.19. The summed E-state index contributed by atoms with van der Waals surface area (Å²) in [5.74, 6) is -1.71. The van der Waals surface area contributed by atoms with Crippen LogP contribution in [0.4, 0.5) is 4.39 Å². The lowest BCUT2D eigenvalue weighted by Gasteiger charge is -2.09. The molecule has 0 saturated heterocycles. The second-order valence-corrected chi connectivity index (χ2v) is 6.63. The average Bonchev–Trinajstić information content (AvgIpc) is 3.12. The van der Waals surface area contributed by atoms with Crippen LogP contribution in [0.2, 0.25) is 0 Å². The van der Waals surface area contributed by atoms with Gasteiger partial charge in [-0.25, -0.2) is 19.2 Å². The van der Waals surface area contributed by atoms with E-state index >= 15 is 0 Å². The third-order valence-corrected chi connectivity index (χ3v) is 4.64. The topological polar surface area (TPSA) is 124 Å². The molecule has 152 valence electrons. The first-order valence-electron chi connectivity index (χ1n) is 9.05. The maximum Gasteiger partial charge on any atom is 0.366 e. The minimum atomic E-state index is -0.779. The fourth-order valence-corrected chi connectivity index (χ4v) is 3.19. The van der Waals surface area contributed by atoms with Crippen molar-refractivity contribution in [3.63, 3.8) is 0 Å². The standard InChI is InChI=1S/C22H14FN5O3/c1-12-16(10-26-21(27-12)13-4-2-6-15(23)8-13)22(30)31-28-11-17(20(25)29)19-14(9-24)5-3-7-18(19)28/h2-8,10-11H,1H3,(H2,25,29). The van der Waals surface area contributed by atoms with Crippen LogP contribution in [0.3, 0.4) is 0 Å². The van der Waals surface area contributed by atoms with E-state index in [0.717, 1.165) is 4.73 Å². The molecule has 0 fully saturated rings. The predicted octanol–water partition coefficient (Wildman–Crippen LogP) is 2.79. The van der Waals surface area contributed by atoms with Crippen LogP contribution in [0.15, 0.2) is 54.9 Å². The lowest BCUT2D eigenvalue weighted by molar-refractivity contribution is 0.0479. The lowest BCUT2D eigenvalue weighted by atomic mass is 10.1. The second kappa shape index (κ2) is 7.68. The number of aromatic nitrogens is 3. The van der Waals surface area contributed by atoms with Gasteiger partial charge in [-0.05, 0) is 31.2 Å². The van der Waals surface area contributed by atoms with E-state index in [2.05, 4.69) is 9.97 Å². The number of nitrogens with two attached hydrogens (primary N) is 1. The van der Waals surface area contributed by atoms with Crippen molar-refractivity contribution in [2.24, 2.45) is 5.73 Å². The highest BCUT2D eigenvalue weighted by Crippen LogP contribution is 2.25. The zero-order valence-corrected chi connectivity index (χ0v) is 16.2. The SMILES string of the molecule is Cc1nc(-c2cccc(F)c2)ncc1C(=O)On1cc(C(N)=O)c2c(C#N)cccc21. The van der Waals surface area contributed by atoms with Gasteiger partial charge in [-0.3, -0.25) is 4.79 Å². The van der Waals surface area contributed by atoms with E-state index in [4.69, 9.17) is 10.6 Å². The molecule has 4 rings (SSSR count). The van der Waals surface area contributed by atoms with Crippen LogP contribution in [-0.2, 0) is 0 Å². The van der Waals surface area contributed by atoms with Crippen molar-refractivity contribution < 1.29 is 18.8 Å². The van der Waals surface area contributed by atoms with Gasteiger partial charge >= 0.3 is 5.97 Å². The molecule has 0 atom stereocenters. The molecule has 2 aromatic carbocycles. The molecular weight excluding hydrogens is 401 g/mol. The van der Waals surface area contributed by atoms with E-state index in [-0.39, 0.29) is 22.5 Å². The van der Waals surface area contributed by atoms with E-state index in [1.165, 1.54) is 36.7 Å². The van der Waals surface area contributed by atoms with E-state index in [1.54, 1.807) is 25.1 Å². The molecule has 0 spiro atoms. The molecule has 1 amide bonds. The number of primary amides is 1. The third kappa shape index (κ3) is 3.58. The molecule has 0 aliphatic carbocycles. The Labute approximate surface area is 175 Å². The molecule has 0 aliphatic heterocycles. The Hall–Kier alpha value is -4.58. The Balaban J connectivity index is 1.70. The predicted molar refractivity (Wildman–Crippen MR) is 108 cm³/mol. The van der Waals surface area contributed by atoms with Gasteiger partial charge in [-0.2, -0.15) is 9.99 Å². The summed E-state index contributed by atoms with van der Waals surface area (Å²) in [5.41, 5.74) is 6.89. The number of benzene rings is 2. The monoisotopic (exact) mass is 415 g/mol. The van der Waals surface area contributed by atoms with Gasteiger partial charge in [0.15, 0.2) is 5.82 Å². The van der Waals surface area contributed by atoms with E-state index in [1.807, 2.05) is 6.07 Å². The molecule has 2 heterocycles. The van der Waals surface area contributed by atoms with Crippen molar-refractivity contribution in [2.75, 3.05) is 0 Å². The molecule has 0 bridgehead atoms. The smallest absolute Gasteiger partial charge is 0.366 e. The zero-order valence-electron chi connectivity index (χ0n) is 16.2. The van der Waals surface area contributed by atoms with Gasteiger partial charge in [0, 0.05) is 17.1 Å². The molecule has 9 heteroatoms. The number of carbonyl (C=O) groups is 2. The van der Waals surface area contributed by atoms with Gasteiger partial charge in [-0.1, -0.05) is 18.2 Å². The Morgan fingerprint density at radius 2 is 1.97 bits per heavy atom. The number of nitriles is 1. The first kappa shape index (κ1) is 19.7. The van der Waals surface area contributed by atoms with Crippen molar-refractivity contribution in [3.8, 4) is 17.5 Å². The molecule has 0 aliphatic rings. The zero-order chi connectivity index (χ0) is 22.1. The van der Waals surface area contributed by atoms with Crippen molar-refractivity contribution in [1.82, 2.24) is 14.7 Å². The van der Waals surface area contributed by atoms with Gasteiger partial charge in [0.1, 0.15) is 11.4 Å². The minimum absolute atomic E-state index is 0.0503.